The van der Waals surface area contributed by atoms with E-state index in [9.17, 15) is 13.2 Å². The number of alkyl halides is 3. The zero-order chi connectivity index (χ0) is 10.8. The van der Waals surface area contributed by atoms with Crippen molar-refractivity contribution in [3.05, 3.63) is 35.4 Å². The van der Waals surface area contributed by atoms with Crippen LogP contribution in [-0.2, 0) is 6.18 Å². The normalized spacial score (nSPS) is 13.0. The Morgan fingerprint density at radius 1 is 1.21 bits per heavy atom. The molecule has 0 saturated heterocycles. The van der Waals surface area contributed by atoms with Crippen LogP contribution in [0.2, 0.25) is 0 Å². The van der Waals surface area contributed by atoms with Gasteiger partial charge in [-0.2, -0.15) is 13.2 Å². The fourth-order valence-corrected chi connectivity index (χ4v) is 0.958. The van der Waals surface area contributed by atoms with Gasteiger partial charge < -0.3 is 5.21 Å². The first-order valence-corrected chi connectivity index (χ1v) is 3.81. The van der Waals surface area contributed by atoms with Gasteiger partial charge in [-0.05, 0) is 24.6 Å². The van der Waals surface area contributed by atoms with Crippen molar-refractivity contribution in [3.8, 4) is 0 Å². The van der Waals surface area contributed by atoms with Crippen LogP contribution in [0.1, 0.15) is 18.1 Å². The molecule has 0 bridgehead atoms. The summed E-state index contributed by atoms with van der Waals surface area (Å²) in [6.07, 6.45) is -4.33. The summed E-state index contributed by atoms with van der Waals surface area (Å²) < 4.78 is 36.4. The fraction of sp³-hybridized carbons (Fsp3) is 0.222. The zero-order valence-electron chi connectivity index (χ0n) is 7.34. The van der Waals surface area contributed by atoms with Crippen LogP contribution in [0.15, 0.2) is 29.4 Å². The highest BCUT2D eigenvalue weighted by Gasteiger charge is 2.29. The van der Waals surface area contributed by atoms with Crippen LogP contribution in [0, 0.1) is 0 Å². The third-order valence-electron chi connectivity index (χ3n) is 1.78. The number of nitrogens with zero attached hydrogens (tertiary/aromatic N) is 1. The van der Waals surface area contributed by atoms with Crippen LogP contribution in [0.5, 0.6) is 0 Å². The van der Waals surface area contributed by atoms with E-state index in [0.29, 0.717) is 5.56 Å². The highest BCUT2D eigenvalue weighted by atomic mass is 19.4. The van der Waals surface area contributed by atoms with E-state index < -0.39 is 11.7 Å². The monoisotopic (exact) mass is 203 g/mol. The summed E-state index contributed by atoms with van der Waals surface area (Å²) in [5.74, 6) is 0. The Kier molecular flexibility index (Phi) is 2.78. The van der Waals surface area contributed by atoms with E-state index in [-0.39, 0.29) is 5.71 Å². The smallest absolute Gasteiger partial charge is 0.411 e. The van der Waals surface area contributed by atoms with Crippen LogP contribution in [-0.4, -0.2) is 10.9 Å². The molecule has 0 atom stereocenters. The second-order valence-electron chi connectivity index (χ2n) is 2.76. The van der Waals surface area contributed by atoms with Crippen LogP contribution in [0.4, 0.5) is 13.2 Å². The molecule has 76 valence electrons. The molecule has 0 aliphatic carbocycles. The standard InChI is InChI=1S/C9H8F3NO/c1-6(13-14)7-2-4-8(5-3-7)9(10,11)12/h2-5,14H,1H3. The third kappa shape index (κ3) is 2.25. The molecule has 0 spiro atoms. The molecule has 1 rings (SSSR count). The van der Waals surface area contributed by atoms with Gasteiger partial charge in [-0.15, -0.1) is 0 Å². The van der Waals surface area contributed by atoms with Crippen molar-refractivity contribution in [2.24, 2.45) is 5.16 Å². The minimum atomic E-state index is -4.33. The SMILES string of the molecule is CC(=NO)c1ccc(C(F)(F)F)cc1. The number of hydrogen-bond acceptors (Lipinski definition) is 2. The van der Waals surface area contributed by atoms with Crippen molar-refractivity contribution >= 4 is 5.71 Å². The molecule has 0 amide bonds. The molecular weight excluding hydrogens is 195 g/mol. The van der Waals surface area contributed by atoms with Gasteiger partial charge in [0, 0.05) is 0 Å². The average molecular weight is 203 g/mol. The summed E-state index contributed by atoms with van der Waals surface area (Å²) in [5.41, 5.74) is 0.0196. The molecule has 0 heterocycles. The first kappa shape index (κ1) is 10.6. The summed E-state index contributed by atoms with van der Waals surface area (Å²) in [7, 11) is 0. The topological polar surface area (TPSA) is 32.6 Å². The molecule has 1 N–H and O–H groups in total. The molecule has 1 aromatic rings. The molecule has 0 aromatic heterocycles. The molecule has 5 heteroatoms. The zero-order valence-corrected chi connectivity index (χ0v) is 7.34. The van der Waals surface area contributed by atoms with Gasteiger partial charge in [-0.25, -0.2) is 0 Å². The Balaban J connectivity index is 3.01. The largest absolute Gasteiger partial charge is 0.416 e. The van der Waals surface area contributed by atoms with Gasteiger partial charge in [0.1, 0.15) is 0 Å². The summed E-state index contributed by atoms with van der Waals surface area (Å²) in [4.78, 5) is 0. The molecule has 0 aliphatic heterocycles. The third-order valence-corrected chi connectivity index (χ3v) is 1.78. The Morgan fingerprint density at radius 3 is 2.07 bits per heavy atom. The second kappa shape index (κ2) is 3.69. The lowest BCUT2D eigenvalue weighted by Crippen LogP contribution is -2.05. The first-order chi connectivity index (χ1) is 6.45. The van der Waals surface area contributed by atoms with Crippen molar-refractivity contribution in [1.82, 2.24) is 0 Å². The van der Waals surface area contributed by atoms with Crippen molar-refractivity contribution in [2.75, 3.05) is 0 Å². The predicted molar refractivity (Wildman–Crippen MR) is 45.4 cm³/mol. The minimum absolute atomic E-state index is 0.277. The molecular formula is C9H8F3NO. The molecule has 0 aliphatic rings. The first-order valence-electron chi connectivity index (χ1n) is 3.81. The van der Waals surface area contributed by atoms with E-state index in [1.54, 1.807) is 0 Å². The quantitative estimate of drug-likeness (QED) is 0.425. The van der Waals surface area contributed by atoms with Crippen LogP contribution < -0.4 is 0 Å². The summed E-state index contributed by atoms with van der Waals surface area (Å²) in [6, 6.07) is 4.42. The van der Waals surface area contributed by atoms with E-state index in [1.165, 1.54) is 19.1 Å². The second-order valence-corrected chi connectivity index (χ2v) is 2.76. The van der Waals surface area contributed by atoms with E-state index in [1.807, 2.05) is 0 Å². The fourth-order valence-electron chi connectivity index (χ4n) is 0.958. The maximum absolute atomic E-state index is 12.1. The van der Waals surface area contributed by atoms with E-state index in [0.717, 1.165) is 12.1 Å². The van der Waals surface area contributed by atoms with Crippen molar-refractivity contribution in [3.63, 3.8) is 0 Å². The molecule has 14 heavy (non-hydrogen) atoms. The Bertz CT molecular complexity index is 340. The van der Waals surface area contributed by atoms with Gasteiger partial charge in [-0.1, -0.05) is 17.3 Å². The van der Waals surface area contributed by atoms with Crippen molar-refractivity contribution in [1.29, 1.82) is 0 Å². The van der Waals surface area contributed by atoms with Gasteiger partial charge in [0.2, 0.25) is 0 Å². The Morgan fingerprint density at radius 2 is 1.71 bits per heavy atom. The van der Waals surface area contributed by atoms with Crippen molar-refractivity contribution in [2.45, 2.75) is 13.1 Å². The molecule has 0 unspecified atom stereocenters. The van der Waals surface area contributed by atoms with Gasteiger partial charge in [0.15, 0.2) is 0 Å². The van der Waals surface area contributed by atoms with E-state index in [4.69, 9.17) is 5.21 Å². The molecule has 0 radical (unpaired) electrons. The van der Waals surface area contributed by atoms with E-state index in [2.05, 4.69) is 5.16 Å². The number of hydrogen-bond donors (Lipinski definition) is 1. The molecule has 0 saturated carbocycles. The summed E-state index contributed by atoms with van der Waals surface area (Å²) in [5, 5.41) is 11.3. The highest BCUT2D eigenvalue weighted by molar-refractivity contribution is 5.98. The lowest BCUT2D eigenvalue weighted by molar-refractivity contribution is -0.137. The number of oxime groups is 1. The molecule has 0 fully saturated rings. The van der Waals surface area contributed by atoms with Gasteiger partial charge in [-0.3, -0.25) is 0 Å². The maximum atomic E-state index is 12.1. The number of benzene rings is 1. The lowest BCUT2D eigenvalue weighted by atomic mass is 10.1. The lowest BCUT2D eigenvalue weighted by Gasteiger charge is -2.06. The summed E-state index contributed by atoms with van der Waals surface area (Å²) >= 11 is 0. The van der Waals surface area contributed by atoms with Gasteiger partial charge >= 0.3 is 6.18 Å². The van der Waals surface area contributed by atoms with Crippen LogP contribution >= 0.6 is 0 Å². The minimum Gasteiger partial charge on any atom is -0.411 e. The number of rotatable bonds is 1. The highest BCUT2D eigenvalue weighted by Crippen LogP contribution is 2.29. The predicted octanol–water partition coefficient (Wildman–Crippen LogP) is 2.90. The van der Waals surface area contributed by atoms with Crippen LogP contribution in [0.25, 0.3) is 0 Å². The average Bonchev–Trinajstić information content (AvgIpc) is 2.15. The molecule has 1 aromatic carbocycles. The molecule has 2 nitrogen and oxygen atoms in total. The van der Waals surface area contributed by atoms with Crippen molar-refractivity contribution < 1.29 is 18.4 Å². The maximum Gasteiger partial charge on any atom is 0.416 e. The number of halogens is 3. The van der Waals surface area contributed by atoms with Crippen LogP contribution in [0.3, 0.4) is 0 Å². The van der Waals surface area contributed by atoms with E-state index >= 15 is 0 Å². The summed E-state index contributed by atoms with van der Waals surface area (Å²) in [6.45, 7) is 1.50. The van der Waals surface area contributed by atoms with Gasteiger partial charge in [0.05, 0.1) is 11.3 Å². The Labute approximate surface area is 78.7 Å². The Hall–Kier alpha value is -1.52. The van der Waals surface area contributed by atoms with Gasteiger partial charge in [0.25, 0.3) is 0 Å².